The van der Waals surface area contributed by atoms with Crippen molar-refractivity contribution >= 4 is 11.9 Å². The number of phenolic OH excluding ortho intramolecular Hbond substituents is 6. The molecule has 0 aliphatic carbocycles. The molecule has 0 radical (unpaired) electrons. The number of ether oxygens (including phenoxy) is 4. The lowest BCUT2D eigenvalue weighted by Gasteiger charge is -2.43. The Morgan fingerprint density at radius 2 is 1.31 bits per heavy atom. The lowest BCUT2D eigenvalue weighted by molar-refractivity contribution is -0.259. The summed E-state index contributed by atoms with van der Waals surface area (Å²) >= 11 is 0. The molecule has 12 heteroatoms. The van der Waals surface area contributed by atoms with Gasteiger partial charge in [0.05, 0.1) is 11.1 Å². The molecule has 1 fully saturated rings. The fraction of sp³-hybridized carbons (Fsp3) is 0.391. The van der Waals surface area contributed by atoms with Gasteiger partial charge in [-0.1, -0.05) is 13.8 Å². The minimum absolute atomic E-state index is 0.258. The SMILES string of the molecule is COC1OC2COC(=O)c3cc(O)c(O)c(O)c3-c3c(cc(O)c(O)c3O)C(=O)OC2C(C)C1C. The number of fused-ring (bicyclic) bond motifs is 4. The normalized spacial score (nSPS) is 26.4. The van der Waals surface area contributed by atoms with Gasteiger partial charge in [0.2, 0.25) is 11.5 Å². The second-order valence-electron chi connectivity index (χ2n) is 8.50. The number of carbonyl (C=O) groups excluding carboxylic acids is 2. The van der Waals surface area contributed by atoms with Gasteiger partial charge in [0.25, 0.3) is 0 Å². The first-order chi connectivity index (χ1) is 16.5. The van der Waals surface area contributed by atoms with E-state index in [1.54, 1.807) is 6.92 Å². The van der Waals surface area contributed by atoms with Crippen molar-refractivity contribution in [3.8, 4) is 45.6 Å². The highest BCUT2D eigenvalue weighted by Gasteiger charge is 2.46. The molecule has 4 rings (SSSR count). The maximum absolute atomic E-state index is 13.3. The topological polar surface area (TPSA) is 192 Å². The number of aromatic hydroxyl groups is 6. The number of cyclic esters (lactones) is 1. The molecular formula is C23H24O12. The predicted molar refractivity (Wildman–Crippen MR) is 115 cm³/mol. The molecule has 2 aromatic carbocycles. The summed E-state index contributed by atoms with van der Waals surface area (Å²) in [7, 11) is 1.43. The lowest BCUT2D eigenvalue weighted by atomic mass is 9.84. The maximum Gasteiger partial charge on any atom is 0.339 e. The smallest absolute Gasteiger partial charge is 0.339 e. The highest BCUT2D eigenvalue weighted by atomic mass is 16.7. The molecule has 0 aromatic heterocycles. The van der Waals surface area contributed by atoms with Crippen LogP contribution in [0.25, 0.3) is 11.1 Å². The molecule has 35 heavy (non-hydrogen) atoms. The predicted octanol–water partition coefficient (Wildman–Crippen LogP) is 1.93. The highest BCUT2D eigenvalue weighted by molar-refractivity contribution is 6.08. The van der Waals surface area contributed by atoms with Gasteiger partial charge < -0.3 is 49.6 Å². The van der Waals surface area contributed by atoms with Crippen LogP contribution in [-0.4, -0.2) is 74.8 Å². The van der Waals surface area contributed by atoms with Gasteiger partial charge in [0.15, 0.2) is 29.3 Å². The molecule has 12 nitrogen and oxygen atoms in total. The van der Waals surface area contributed by atoms with Gasteiger partial charge in [-0.3, -0.25) is 0 Å². The van der Waals surface area contributed by atoms with Crippen molar-refractivity contribution in [1.29, 1.82) is 0 Å². The Bertz CT molecular complexity index is 1210. The maximum atomic E-state index is 13.3. The molecule has 2 aliphatic heterocycles. The quantitative estimate of drug-likeness (QED) is 0.251. The first kappa shape index (κ1) is 24.2. The average Bonchev–Trinajstić information content (AvgIpc) is 2.84. The highest BCUT2D eigenvalue weighted by Crippen LogP contribution is 2.53. The number of hydrogen-bond donors (Lipinski definition) is 6. The van der Waals surface area contributed by atoms with E-state index in [4.69, 9.17) is 18.9 Å². The minimum atomic E-state index is -1.12. The largest absolute Gasteiger partial charge is 0.504 e. The molecule has 0 amide bonds. The number of esters is 2. The van der Waals surface area contributed by atoms with E-state index in [0.29, 0.717) is 0 Å². The molecule has 5 atom stereocenters. The Labute approximate surface area is 198 Å². The zero-order valence-electron chi connectivity index (χ0n) is 18.9. The van der Waals surface area contributed by atoms with Crippen molar-refractivity contribution in [3.05, 3.63) is 23.3 Å². The van der Waals surface area contributed by atoms with Gasteiger partial charge in [-0.2, -0.15) is 0 Å². The Balaban J connectivity index is 1.99. The Kier molecular flexibility index (Phi) is 6.03. The van der Waals surface area contributed by atoms with Crippen LogP contribution in [0.4, 0.5) is 0 Å². The summed E-state index contributed by atoms with van der Waals surface area (Å²) < 4.78 is 22.2. The van der Waals surface area contributed by atoms with Gasteiger partial charge in [-0.25, -0.2) is 9.59 Å². The third kappa shape index (κ3) is 3.80. The van der Waals surface area contributed by atoms with Crippen LogP contribution in [0.15, 0.2) is 12.1 Å². The van der Waals surface area contributed by atoms with Crippen molar-refractivity contribution in [1.82, 2.24) is 0 Å². The standard InChI is InChI=1S/C23H24O12/c1-7-8(2)23(32-3)34-13-6-33-21(30)9-4-11(24)16(26)18(28)14(9)15-10(22(31)35-20(7)13)5-12(25)17(27)19(15)29/h4-5,7-8,13,20,23-29H,6H2,1-3H3. The van der Waals surface area contributed by atoms with Crippen LogP contribution in [0, 0.1) is 11.8 Å². The van der Waals surface area contributed by atoms with Crippen LogP contribution in [0.2, 0.25) is 0 Å². The fourth-order valence-corrected chi connectivity index (χ4v) is 4.39. The number of phenols is 6. The third-order valence-electron chi connectivity index (χ3n) is 6.50. The zero-order valence-corrected chi connectivity index (χ0v) is 18.9. The van der Waals surface area contributed by atoms with Crippen molar-refractivity contribution in [2.45, 2.75) is 32.3 Å². The number of carbonyl (C=O) groups is 2. The van der Waals surface area contributed by atoms with E-state index in [1.807, 2.05) is 6.92 Å². The van der Waals surface area contributed by atoms with E-state index >= 15 is 0 Å². The van der Waals surface area contributed by atoms with E-state index in [1.165, 1.54) is 7.11 Å². The minimum Gasteiger partial charge on any atom is -0.504 e. The van der Waals surface area contributed by atoms with Crippen molar-refractivity contribution in [2.75, 3.05) is 13.7 Å². The number of methoxy groups -OCH3 is 1. The Hall–Kier alpha value is -3.90. The summed E-state index contributed by atoms with van der Waals surface area (Å²) in [6.45, 7) is 3.16. The summed E-state index contributed by atoms with van der Waals surface area (Å²) in [5, 5.41) is 61.5. The van der Waals surface area contributed by atoms with E-state index in [0.717, 1.165) is 12.1 Å². The van der Waals surface area contributed by atoms with Gasteiger partial charge >= 0.3 is 11.9 Å². The molecule has 0 saturated carbocycles. The van der Waals surface area contributed by atoms with Crippen LogP contribution in [0.3, 0.4) is 0 Å². The fourth-order valence-electron chi connectivity index (χ4n) is 4.39. The monoisotopic (exact) mass is 492 g/mol. The van der Waals surface area contributed by atoms with Crippen LogP contribution in [-0.2, 0) is 18.9 Å². The molecular weight excluding hydrogens is 468 g/mol. The number of rotatable bonds is 1. The van der Waals surface area contributed by atoms with Crippen molar-refractivity contribution in [3.63, 3.8) is 0 Å². The second-order valence-corrected chi connectivity index (χ2v) is 8.50. The number of benzene rings is 2. The summed E-state index contributed by atoms with van der Waals surface area (Å²) in [5.74, 6) is -8.97. The van der Waals surface area contributed by atoms with Gasteiger partial charge in [-0.05, 0) is 12.1 Å². The molecule has 6 N–H and O–H groups in total. The van der Waals surface area contributed by atoms with Crippen molar-refractivity contribution < 1.29 is 59.2 Å². The van der Waals surface area contributed by atoms with E-state index < -0.39 is 93.8 Å². The lowest BCUT2D eigenvalue weighted by Crippen LogP contribution is -2.53. The van der Waals surface area contributed by atoms with E-state index in [2.05, 4.69) is 0 Å². The number of hydrogen-bond acceptors (Lipinski definition) is 12. The first-order valence-corrected chi connectivity index (χ1v) is 10.6. The van der Waals surface area contributed by atoms with E-state index in [-0.39, 0.29) is 11.8 Å². The van der Waals surface area contributed by atoms with Crippen molar-refractivity contribution in [2.24, 2.45) is 11.8 Å². The summed E-state index contributed by atoms with van der Waals surface area (Å²) in [6.07, 6.45) is -2.66. The van der Waals surface area contributed by atoms with Crippen LogP contribution >= 0.6 is 0 Å². The molecule has 188 valence electrons. The average molecular weight is 492 g/mol. The third-order valence-corrected chi connectivity index (χ3v) is 6.50. The molecule has 1 saturated heterocycles. The first-order valence-electron chi connectivity index (χ1n) is 10.6. The van der Waals surface area contributed by atoms with Crippen LogP contribution in [0.1, 0.15) is 34.6 Å². The molecule has 0 bridgehead atoms. The van der Waals surface area contributed by atoms with E-state index in [9.17, 15) is 40.2 Å². The molecule has 2 aliphatic rings. The summed E-state index contributed by atoms with van der Waals surface area (Å²) in [6, 6.07) is 1.53. The molecule has 2 heterocycles. The van der Waals surface area contributed by atoms with Gasteiger partial charge in [0, 0.05) is 30.1 Å². The molecule has 2 aromatic rings. The van der Waals surface area contributed by atoms with Gasteiger partial charge in [0.1, 0.15) is 18.8 Å². The van der Waals surface area contributed by atoms with Gasteiger partial charge in [-0.15, -0.1) is 0 Å². The van der Waals surface area contributed by atoms with Crippen LogP contribution < -0.4 is 0 Å². The molecule has 0 spiro atoms. The zero-order chi connectivity index (χ0) is 25.8. The summed E-state index contributed by atoms with van der Waals surface area (Å²) in [4.78, 5) is 26.4. The molecule has 5 unspecified atom stereocenters. The second kappa shape index (κ2) is 8.71. The Morgan fingerprint density at radius 3 is 1.83 bits per heavy atom. The Morgan fingerprint density at radius 1 is 0.800 bits per heavy atom. The summed E-state index contributed by atoms with van der Waals surface area (Å²) in [5.41, 5.74) is -2.41. The van der Waals surface area contributed by atoms with Crippen LogP contribution in [0.5, 0.6) is 34.5 Å².